The molecule has 1 amide bonds. The Morgan fingerprint density at radius 3 is 2.56 bits per heavy atom. The molecule has 5 heteroatoms. The van der Waals surface area contributed by atoms with Gasteiger partial charge in [-0.05, 0) is 25.0 Å². The Labute approximate surface area is 108 Å². The maximum atomic E-state index is 12.3. The van der Waals surface area contributed by atoms with Crippen LogP contribution in [0, 0.1) is 0 Å². The first-order chi connectivity index (χ1) is 8.63. The SMILES string of the molecule is CCC(CC)N(CCO)C(=O)c1ccc(N)cn1. The molecule has 18 heavy (non-hydrogen) atoms. The van der Waals surface area contributed by atoms with E-state index >= 15 is 0 Å². The second-order valence-corrected chi connectivity index (χ2v) is 4.17. The Hall–Kier alpha value is -1.62. The monoisotopic (exact) mass is 251 g/mol. The lowest BCUT2D eigenvalue weighted by Crippen LogP contribution is -2.41. The summed E-state index contributed by atoms with van der Waals surface area (Å²) < 4.78 is 0. The number of amides is 1. The van der Waals surface area contributed by atoms with Gasteiger partial charge in [0.25, 0.3) is 5.91 Å². The number of anilines is 1. The molecule has 0 atom stereocenters. The van der Waals surface area contributed by atoms with E-state index in [1.165, 1.54) is 6.20 Å². The predicted octanol–water partition coefficient (Wildman–Crippen LogP) is 1.29. The van der Waals surface area contributed by atoms with Crippen LogP contribution in [-0.2, 0) is 0 Å². The summed E-state index contributed by atoms with van der Waals surface area (Å²) in [6.45, 7) is 4.35. The van der Waals surface area contributed by atoms with Crippen LogP contribution in [-0.4, -0.2) is 40.1 Å². The molecular formula is C13H21N3O2. The summed E-state index contributed by atoms with van der Waals surface area (Å²) in [5.41, 5.74) is 6.44. The minimum Gasteiger partial charge on any atom is -0.397 e. The van der Waals surface area contributed by atoms with Crippen molar-refractivity contribution in [1.82, 2.24) is 9.88 Å². The third-order valence-electron chi connectivity index (χ3n) is 2.99. The van der Waals surface area contributed by atoms with Crippen LogP contribution in [0.25, 0.3) is 0 Å². The van der Waals surface area contributed by atoms with Gasteiger partial charge in [0.05, 0.1) is 18.5 Å². The normalized spacial score (nSPS) is 10.7. The molecule has 0 aliphatic carbocycles. The number of carbonyl (C=O) groups is 1. The highest BCUT2D eigenvalue weighted by molar-refractivity contribution is 5.92. The highest BCUT2D eigenvalue weighted by Crippen LogP contribution is 2.13. The van der Waals surface area contributed by atoms with Crippen LogP contribution in [0.5, 0.6) is 0 Å². The van der Waals surface area contributed by atoms with E-state index in [2.05, 4.69) is 4.98 Å². The smallest absolute Gasteiger partial charge is 0.272 e. The van der Waals surface area contributed by atoms with Gasteiger partial charge in [0.2, 0.25) is 0 Å². The molecule has 0 bridgehead atoms. The van der Waals surface area contributed by atoms with Crippen LogP contribution < -0.4 is 5.73 Å². The van der Waals surface area contributed by atoms with Crippen molar-refractivity contribution in [2.45, 2.75) is 32.7 Å². The van der Waals surface area contributed by atoms with Gasteiger partial charge in [-0.15, -0.1) is 0 Å². The minimum atomic E-state index is -0.155. The van der Waals surface area contributed by atoms with Crippen molar-refractivity contribution in [3.05, 3.63) is 24.0 Å². The van der Waals surface area contributed by atoms with Crippen LogP contribution in [0.4, 0.5) is 5.69 Å². The van der Waals surface area contributed by atoms with Gasteiger partial charge >= 0.3 is 0 Å². The third-order valence-corrected chi connectivity index (χ3v) is 2.99. The lowest BCUT2D eigenvalue weighted by molar-refractivity contribution is 0.0616. The van der Waals surface area contributed by atoms with Crippen LogP contribution in [0.15, 0.2) is 18.3 Å². The summed E-state index contributed by atoms with van der Waals surface area (Å²) >= 11 is 0. The van der Waals surface area contributed by atoms with Crippen molar-refractivity contribution in [3.8, 4) is 0 Å². The van der Waals surface area contributed by atoms with E-state index in [9.17, 15) is 4.79 Å². The third kappa shape index (κ3) is 3.43. The van der Waals surface area contributed by atoms with Gasteiger partial charge in [0.15, 0.2) is 0 Å². The van der Waals surface area contributed by atoms with E-state index in [0.717, 1.165) is 12.8 Å². The lowest BCUT2D eigenvalue weighted by Gasteiger charge is -2.29. The van der Waals surface area contributed by atoms with E-state index in [4.69, 9.17) is 10.8 Å². The standard InChI is InChI=1S/C13H21N3O2/c1-3-11(4-2)16(7-8-17)13(18)12-6-5-10(14)9-15-12/h5-6,9,11,17H,3-4,7-8,14H2,1-2H3. The van der Waals surface area contributed by atoms with Gasteiger partial charge in [-0.2, -0.15) is 0 Å². The van der Waals surface area contributed by atoms with Gasteiger partial charge < -0.3 is 15.7 Å². The number of nitrogen functional groups attached to an aromatic ring is 1. The second-order valence-electron chi connectivity index (χ2n) is 4.17. The molecule has 0 unspecified atom stereocenters. The summed E-state index contributed by atoms with van der Waals surface area (Å²) in [6.07, 6.45) is 3.19. The fourth-order valence-corrected chi connectivity index (χ4v) is 1.97. The van der Waals surface area contributed by atoms with E-state index in [1.807, 2.05) is 13.8 Å². The van der Waals surface area contributed by atoms with Gasteiger partial charge in [-0.25, -0.2) is 4.98 Å². The number of hydrogen-bond acceptors (Lipinski definition) is 4. The molecule has 100 valence electrons. The zero-order chi connectivity index (χ0) is 13.5. The number of rotatable bonds is 6. The Balaban J connectivity index is 2.91. The van der Waals surface area contributed by atoms with Gasteiger partial charge in [-0.1, -0.05) is 13.8 Å². The molecule has 1 heterocycles. The highest BCUT2D eigenvalue weighted by atomic mass is 16.3. The molecule has 0 saturated heterocycles. The molecule has 5 nitrogen and oxygen atoms in total. The number of nitrogens with two attached hydrogens (primary N) is 1. The summed E-state index contributed by atoms with van der Waals surface area (Å²) in [6, 6.07) is 3.40. The average Bonchev–Trinajstić information content (AvgIpc) is 2.39. The highest BCUT2D eigenvalue weighted by Gasteiger charge is 2.22. The number of nitrogens with zero attached hydrogens (tertiary/aromatic N) is 2. The van der Waals surface area contributed by atoms with Crippen molar-refractivity contribution < 1.29 is 9.90 Å². The van der Waals surface area contributed by atoms with Crippen molar-refractivity contribution in [2.75, 3.05) is 18.9 Å². The lowest BCUT2D eigenvalue weighted by atomic mass is 10.1. The topological polar surface area (TPSA) is 79.5 Å². The molecule has 0 aromatic carbocycles. The molecule has 1 rings (SSSR count). The van der Waals surface area contributed by atoms with E-state index in [0.29, 0.717) is 17.9 Å². The zero-order valence-electron chi connectivity index (χ0n) is 11.0. The number of hydrogen-bond donors (Lipinski definition) is 2. The fraction of sp³-hybridized carbons (Fsp3) is 0.538. The number of aromatic nitrogens is 1. The van der Waals surface area contributed by atoms with Crippen molar-refractivity contribution in [3.63, 3.8) is 0 Å². The number of carbonyl (C=O) groups excluding carboxylic acids is 1. The first-order valence-electron chi connectivity index (χ1n) is 6.27. The molecule has 1 aromatic heterocycles. The minimum absolute atomic E-state index is 0.0444. The van der Waals surface area contributed by atoms with Crippen LogP contribution >= 0.6 is 0 Å². The largest absolute Gasteiger partial charge is 0.397 e. The van der Waals surface area contributed by atoms with Crippen LogP contribution in [0.2, 0.25) is 0 Å². The quantitative estimate of drug-likeness (QED) is 0.798. The maximum Gasteiger partial charge on any atom is 0.272 e. The number of aliphatic hydroxyl groups excluding tert-OH is 1. The second kappa shape index (κ2) is 6.96. The molecule has 0 aliphatic heterocycles. The van der Waals surface area contributed by atoms with E-state index in [1.54, 1.807) is 17.0 Å². The van der Waals surface area contributed by atoms with Crippen LogP contribution in [0.3, 0.4) is 0 Å². The summed E-state index contributed by atoms with van der Waals surface area (Å²) in [7, 11) is 0. The molecular weight excluding hydrogens is 230 g/mol. The zero-order valence-corrected chi connectivity index (χ0v) is 11.0. The molecule has 0 aliphatic rings. The van der Waals surface area contributed by atoms with E-state index in [-0.39, 0.29) is 18.6 Å². The Morgan fingerprint density at radius 2 is 2.11 bits per heavy atom. The molecule has 0 spiro atoms. The number of aliphatic hydroxyl groups is 1. The Bertz CT molecular complexity index is 374. The average molecular weight is 251 g/mol. The van der Waals surface area contributed by atoms with Crippen LogP contribution in [0.1, 0.15) is 37.2 Å². The Morgan fingerprint density at radius 1 is 1.44 bits per heavy atom. The maximum absolute atomic E-state index is 12.3. The first-order valence-corrected chi connectivity index (χ1v) is 6.27. The summed E-state index contributed by atoms with van der Waals surface area (Å²) in [5, 5.41) is 9.08. The molecule has 1 aromatic rings. The Kier molecular flexibility index (Phi) is 5.58. The summed E-state index contributed by atoms with van der Waals surface area (Å²) in [4.78, 5) is 18.0. The fourth-order valence-electron chi connectivity index (χ4n) is 1.97. The molecule has 0 fully saturated rings. The van der Waals surface area contributed by atoms with Gasteiger partial charge in [-0.3, -0.25) is 4.79 Å². The van der Waals surface area contributed by atoms with Crippen molar-refractivity contribution in [2.24, 2.45) is 0 Å². The molecule has 0 radical (unpaired) electrons. The van der Waals surface area contributed by atoms with Crippen molar-refractivity contribution in [1.29, 1.82) is 0 Å². The van der Waals surface area contributed by atoms with Gasteiger partial charge in [0, 0.05) is 12.6 Å². The van der Waals surface area contributed by atoms with Crippen molar-refractivity contribution >= 4 is 11.6 Å². The number of pyridine rings is 1. The van der Waals surface area contributed by atoms with Gasteiger partial charge in [0.1, 0.15) is 5.69 Å². The molecule has 0 saturated carbocycles. The van der Waals surface area contributed by atoms with E-state index < -0.39 is 0 Å². The molecule has 3 N–H and O–H groups in total. The summed E-state index contributed by atoms with van der Waals surface area (Å²) in [5.74, 6) is -0.155. The predicted molar refractivity (Wildman–Crippen MR) is 71.1 cm³/mol. The first kappa shape index (κ1) is 14.4.